The van der Waals surface area contributed by atoms with E-state index in [1.807, 2.05) is 13.8 Å². The maximum Gasteiger partial charge on any atom is 0.174 e. The molecule has 0 spiro atoms. The molecule has 0 saturated carbocycles. The van der Waals surface area contributed by atoms with Crippen molar-refractivity contribution in [2.24, 2.45) is 0 Å². The van der Waals surface area contributed by atoms with E-state index in [4.69, 9.17) is 0 Å². The van der Waals surface area contributed by atoms with E-state index in [0.717, 1.165) is 15.8 Å². The molecular weight excluding hydrogens is 264 g/mol. The van der Waals surface area contributed by atoms with E-state index in [2.05, 4.69) is 42.4 Å². The van der Waals surface area contributed by atoms with Gasteiger partial charge in [0.05, 0.1) is 6.07 Å². The lowest BCUT2D eigenvalue weighted by Gasteiger charge is -2.28. The monoisotopic (exact) mass is 284 g/mol. The maximum absolute atomic E-state index is 9.31. The van der Waals surface area contributed by atoms with Crippen LogP contribution >= 0.6 is 23.1 Å². The Hall–Kier alpha value is -0.640. The molecule has 1 aromatic heterocycles. The number of thioether (sulfide) groups is 1. The number of hydrogen-bond donors (Lipinski definition) is 1. The quantitative estimate of drug-likeness (QED) is 0.814. The van der Waals surface area contributed by atoms with E-state index >= 15 is 0 Å². The van der Waals surface area contributed by atoms with Crippen LogP contribution in [0, 0.1) is 18.3 Å². The molecule has 2 unspecified atom stereocenters. The summed E-state index contributed by atoms with van der Waals surface area (Å²) in [7, 11) is 0. The average molecular weight is 284 g/mol. The summed E-state index contributed by atoms with van der Waals surface area (Å²) in [6.07, 6.45) is 0.783. The van der Waals surface area contributed by atoms with Crippen molar-refractivity contribution in [2.75, 3.05) is 0 Å². The van der Waals surface area contributed by atoms with Gasteiger partial charge in [0, 0.05) is 11.3 Å². The summed E-state index contributed by atoms with van der Waals surface area (Å²) in [5, 5.41) is 22.0. The fourth-order valence-electron chi connectivity index (χ4n) is 1.89. The molecule has 1 heterocycles. The van der Waals surface area contributed by atoms with Crippen molar-refractivity contribution in [3.63, 3.8) is 0 Å². The Morgan fingerprint density at radius 3 is 2.56 bits per heavy atom. The number of aryl methyl sites for hydroxylation is 1. The smallest absolute Gasteiger partial charge is 0.174 e. The highest BCUT2D eigenvalue weighted by Gasteiger charge is 2.27. The first-order valence-corrected chi connectivity index (χ1v) is 7.70. The van der Waals surface area contributed by atoms with Crippen molar-refractivity contribution in [3.05, 3.63) is 5.01 Å². The van der Waals surface area contributed by atoms with Gasteiger partial charge in [-0.25, -0.2) is 0 Å². The number of aromatic nitrogens is 2. The van der Waals surface area contributed by atoms with Gasteiger partial charge >= 0.3 is 0 Å². The Kier molecular flexibility index (Phi) is 5.57. The third-order valence-corrected chi connectivity index (χ3v) is 4.38. The molecule has 0 aliphatic rings. The van der Waals surface area contributed by atoms with Gasteiger partial charge in [0.15, 0.2) is 4.34 Å². The molecule has 1 N–H and O–H groups in total. The van der Waals surface area contributed by atoms with Crippen LogP contribution in [0.5, 0.6) is 0 Å². The normalized spacial score (nSPS) is 16.3. The molecule has 0 aromatic carbocycles. The van der Waals surface area contributed by atoms with Crippen molar-refractivity contribution in [2.45, 2.75) is 62.2 Å². The van der Waals surface area contributed by atoms with Gasteiger partial charge in [-0.15, -0.1) is 10.2 Å². The Bertz CT molecular complexity index is 424. The lowest BCUT2D eigenvalue weighted by molar-refractivity contribution is 0.382. The second-order valence-corrected chi connectivity index (χ2v) is 7.83. The predicted octanol–water partition coefficient (Wildman–Crippen LogP) is 3.00. The van der Waals surface area contributed by atoms with E-state index in [0.29, 0.717) is 11.3 Å². The minimum absolute atomic E-state index is 0.302. The summed E-state index contributed by atoms with van der Waals surface area (Å²) in [6.45, 7) is 10.1. The highest BCUT2D eigenvalue weighted by atomic mass is 32.2. The first-order valence-electron chi connectivity index (χ1n) is 6.00. The standard InChI is InChI=1S/C12H20N4S2/c1-8(2)14-12(5,7-13)6-9(3)17-11-16-15-10(4)18-11/h8-9,14H,6H2,1-5H3. The Balaban J connectivity index is 2.57. The molecular formula is C12H20N4S2. The molecule has 0 radical (unpaired) electrons. The summed E-state index contributed by atoms with van der Waals surface area (Å²) >= 11 is 3.29. The van der Waals surface area contributed by atoms with E-state index in [9.17, 15) is 5.26 Å². The van der Waals surface area contributed by atoms with Crippen molar-refractivity contribution in [1.82, 2.24) is 15.5 Å². The Labute approximate surface area is 117 Å². The van der Waals surface area contributed by atoms with Gasteiger partial charge in [-0.3, -0.25) is 5.32 Å². The summed E-state index contributed by atoms with van der Waals surface area (Å²) in [4.78, 5) is 0. The summed E-state index contributed by atoms with van der Waals surface area (Å²) in [5.41, 5.74) is -0.486. The fourth-order valence-corrected chi connectivity index (χ4v) is 4.20. The van der Waals surface area contributed by atoms with Gasteiger partial charge in [0.1, 0.15) is 10.5 Å². The zero-order valence-electron chi connectivity index (χ0n) is 11.5. The number of nitrogens with zero attached hydrogens (tertiary/aromatic N) is 3. The third-order valence-electron chi connectivity index (χ3n) is 2.36. The second-order valence-electron chi connectivity index (χ2n) is 4.96. The topological polar surface area (TPSA) is 61.6 Å². The van der Waals surface area contributed by atoms with Gasteiger partial charge in [-0.05, 0) is 34.1 Å². The van der Waals surface area contributed by atoms with Crippen LogP contribution in [0.3, 0.4) is 0 Å². The first-order chi connectivity index (χ1) is 8.34. The van der Waals surface area contributed by atoms with Crippen LogP contribution in [-0.4, -0.2) is 27.0 Å². The van der Waals surface area contributed by atoms with E-state index in [-0.39, 0.29) is 0 Å². The molecule has 4 nitrogen and oxygen atoms in total. The van der Waals surface area contributed by atoms with Gasteiger partial charge in [0.2, 0.25) is 0 Å². The molecule has 2 atom stereocenters. The molecule has 0 aliphatic carbocycles. The van der Waals surface area contributed by atoms with Crippen LogP contribution < -0.4 is 5.32 Å². The van der Waals surface area contributed by atoms with Crippen LogP contribution in [0.15, 0.2) is 4.34 Å². The van der Waals surface area contributed by atoms with Crippen LogP contribution in [0.4, 0.5) is 0 Å². The SMILES string of the molecule is Cc1nnc(SC(C)CC(C)(C#N)NC(C)C)s1. The zero-order valence-corrected chi connectivity index (χ0v) is 13.2. The molecule has 1 rings (SSSR count). The molecule has 0 fully saturated rings. The summed E-state index contributed by atoms with van der Waals surface area (Å²) < 4.78 is 0.977. The third kappa shape index (κ3) is 4.92. The second kappa shape index (κ2) is 6.50. The predicted molar refractivity (Wildman–Crippen MR) is 76.9 cm³/mol. The Morgan fingerprint density at radius 1 is 1.44 bits per heavy atom. The fraction of sp³-hybridized carbons (Fsp3) is 0.750. The van der Waals surface area contributed by atoms with E-state index in [1.165, 1.54) is 0 Å². The van der Waals surface area contributed by atoms with Gasteiger partial charge in [-0.2, -0.15) is 5.26 Å². The molecule has 6 heteroatoms. The first kappa shape index (κ1) is 15.4. The minimum atomic E-state index is -0.486. The van der Waals surface area contributed by atoms with Crippen LogP contribution in [0.2, 0.25) is 0 Å². The van der Waals surface area contributed by atoms with Gasteiger partial charge < -0.3 is 0 Å². The summed E-state index contributed by atoms with van der Waals surface area (Å²) in [6, 6.07) is 2.68. The molecule has 100 valence electrons. The molecule has 0 aliphatic heterocycles. The van der Waals surface area contributed by atoms with Crippen molar-refractivity contribution in [3.8, 4) is 6.07 Å². The zero-order chi connectivity index (χ0) is 13.8. The van der Waals surface area contributed by atoms with E-state index < -0.39 is 5.54 Å². The minimum Gasteiger partial charge on any atom is -0.297 e. The van der Waals surface area contributed by atoms with Crippen molar-refractivity contribution in [1.29, 1.82) is 5.26 Å². The molecule has 18 heavy (non-hydrogen) atoms. The lowest BCUT2D eigenvalue weighted by atomic mass is 9.97. The molecule has 1 aromatic rings. The highest BCUT2D eigenvalue weighted by molar-refractivity contribution is 8.01. The summed E-state index contributed by atoms with van der Waals surface area (Å²) in [5.74, 6) is 0. The molecule has 0 bridgehead atoms. The average Bonchev–Trinajstić information content (AvgIpc) is 2.62. The number of nitrogens with one attached hydrogen (secondary N) is 1. The van der Waals surface area contributed by atoms with Crippen LogP contribution in [0.1, 0.15) is 39.1 Å². The number of hydrogen-bond acceptors (Lipinski definition) is 6. The highest BCUT2D eigenvalue weighted by Crippen LogP contribution is 2.30. The molecule has 0 amide bonds. The van der Waals surface area contributed by atoms with Crippen molar-refractivity contribution < 1.29 is 0 Å². The Morgan fingerprint density at radius 2 is 2.11 bits per heavy atom. The van der Waals surface area contributed by atoms with E-state index in [1.54, 1.807) is 23.1 Å². The number of nitriles is 1. The number of rotatable bonds is 6. The lowest BCUT2D eigenvalue weighted by Crippen LogP contribution is -2.46. The van der Waals surface area contributed by atoms with Crippen LogP contribution in [-0.2, 0) is 0 Å². The largest absolute Gasteiger partial charge is 0.297 e. The maximum atomic E-state index is 9.31. The molecule has 0 saturated heterocycles. The van der Waals surface area contributed by atoms with Crippen LogP contribution in [0.25, 0.3) is 0 Å². The van der Waals surface area contributed by atoms with Crippen molar-refractivity contribution >= 4 is 23.1 Å². The van der Waals surface area contributed by atoms with Gasteiger partial charge in [-0.1, -0.05) is 30.0 Å². The van der Waals surface area contributed by atoms with Gasteiger partial charge in [0.25, 0.3) is 0 Å².